The minimum absolute atomic E-state index is 0.00749. The van der Waals surface area contributed by atoms with Crippen molar-refractivity contribution in [3.63, 3.8) is 0 Å². The smallest absolute Gasteiger partial charge is 0.303 e. The highest BCUT2D eigenvalue weighted by Gasteiger charge is 2.56. The van der Waals surface area contributed by atoms with Gasteiger partial charge in [0, 0.05) is 13.5 Å². The van der Waals surface area contributed by atoms with Gasteiger partial charge in [-0.15, -0.1) is 6.42 Å². The summed E-state index contributed by atoms with van der Waals surface area (Å²) in [5, 5.41) is 3.26. The second kappa shape index (κ2) is 10.8. The monoisotopic (exact) mass is 545 g/mol. The van der Waals surface area contributed by atoms with Crippen molar-refractivity contribution >= 4 is 41.7 Å². The number of esters is 1. The van der Waals surface area contributed by atoms with Gasteiger partial charge in [-0.2, -0.15) is 9.97 Å². The Labute approximate surface area is 220 Å². The molecule has 12 heteroatoms. The van der Waals surface area contributed by atoms with Crippen LogP contribution in [0.4, 0.5) is 5.82 Å². The number of hydrogen-bond acceptors (Lipinski definition) is 9. The molecule has 1 aliphatic rings. The van der Waals surface area contributed by atoms with Crippen molar-refractivity contribution in [3.8, 4) is 12.3 Å². The van der Waals surface area contributed by atoms with Gasteiger partial charge in [0.1, 0.15) is 13.2 Å². The van der Waals surface area contributed by atoms with Gasteiger partial charge in [0.2, 0.25) is 5.28 Å². The van der Waals surface area contributed by atoms with Crippen LogP contribution in [0.25, 0.3) is 11.2 Å². The first-order valence-electron chi connectivity index (χ1n) is 11.6. The standard InChI is InChI=1S/C25H29ClN5O5P/c1-6-25(3)18(13-34-15-37(4,5)33)36-23(20(25)35-16(2)32)31-14-28-19-21(29-24(26)30-22(19)31)27-12-17-10-8-7-9-11-17/h1,7-11,14,18,20,23H,12-13,15H2,2-5H3,(H,27,29,30)/t18-,20+,23-,25+/m1/s1. The molecular formula is C25H29ClN5O5P. The zero-order valence-corrected chi connectivity index (χ0v) is 22.7. The predicted octanol–water partition coefficient (Wildman–Crippen LogP) is 4.16. The lowest BCUT2D eigenvalue weighted by molar-refractivity contribution is -0.154. The highest BCUT2D eigenvalue weighted by atomic mass is 35.5. The molecule has 1 N–H and O–H groups in total. The summed E-state index contributed by atoms with van der Waals surface area (Å²) in [4.78, 5) is 25.3. The Bertz CT molecular complexity index is 1370. The van der Waals surface area contributed by atoms with Gasteiger partial charge in [-0.25, -0.2) is 4.98 Å². The highest BCUT2D eigenvalue weighted by molar-refractivity contribution is 7.62. The molecule has 3 heterocycles. The summed E-state index contributed by atoms with van der Waals surface area (Å²) in [7, 11) is -2.42. The summed E-state index contributed by atoms with van der Waals surface area (Å²) in [6, 6.07) is 9.81. The summed E-state index contributed by atoms with van der Waals surface area (Å²) in [6.07, 6.45) is 5.12. The second-order valence-corrected chi connectivity index (χ2v) is 13.3. The summed E-state index contributed by atoms with van der Waals surface area (Å²) < 4.78 is 31.4. The summed E-state index contributed by atoms with van der Waals surface area (Å²) in [5.74, 6) is 2.67. The van der Waals surface area contributed by atoms with Crippen LogP contribution < -0.4 is 5.32 Å². The van der Waals surface area contributed by atoms with Gasteiger partial charge < -0.3 is 24.1 Å². The third-order valence-electron chi connectivity index (χ3n) is 6.07. The molecule has 0 spiro atoms. The Kier molecular flexibility index (Phi) is 7.91. The van der Waals surface area contributed by atoms with Crippen molar-refractivity contribution in [3.05, 3.63) is 47.5 Å². The van der Waals surface area contributed by atoms with Crippen LogP contribution in [0.1, 0.15) is 25.6 Å². The number of nitrogens with one attached hydrogen (secondary N) is 1. The lowest BCUT2D eigenvalue weighted by atomic mass is 9.81. The van der Waals surface area contributed by atoms with E-state index < -0.39 is 37.0 Å². The van der Waals surface area contributed by atoms with E-state index in [1.807, 2.05) is 30.3 Å². The molecule has 0 aliphatic carbocycles. The van der Waals surface area contributed by atoms with E-state index in [9.17, 15) is 9.36 Å². The fourth-order valence-corrected chi connectivity index (χ4v) is 4.89. The average molecular weight is 546 g/mol. The Hall–Kier alpha value is -2.96. The van der Waals surface area contributed by atoms with Gasteiger partial charge in [0.25, 0.3) is 0 Å². The molecule has 196 valence electrons. The first-order chi connectivity index (χ1) is 17.5. The quantitative estimate of drug-likeness (QED) is 0.183. The highest BCUT2D eigenvalue weighted by Crippen LogP contribution is 2.46. The maximum atomic E-state index is 12.1. The first-order valence-corrected chi connectivity index (χ1v) is 14.8. The number of hydrogen-bond donors (Lipinski definition) is 1. The predicted molar refractivity (Wildman–Crippen MR) is 141 cm³/mol. The third-order valence-corrected chi connectivity index (χ3v) is 7.04. The Balaban J connectivity index is 1.68. The molecule has 10 nitrogen and oxygen atoms in total. The average Bonchev–Trinajstić information content (AvgIpc) is 3.37. The van der Waals surface area contributed by atoms with Crippen LogP contribution in [-0.2, 0) is 30.1 Å². The van der Waals surface area contributed by atoms with E-state index in [0.29, 0.717) is 23.5 Å². The Morgan fingerprint density at radius 3 is 2.70 bits per heavy atom. The maximum absolute atomic E-state index is 12.1. The molecule has 1 aromatic carbocycles. The molecule has 3 aromatic rings. The van der Waals surface area contributed by atoms with Crippen LogP contribution in [0.2, 0.25) is 5.28 Å². The van der Waals surface area contributed by atoms with E-state index in [-0.39, 0.29) is 18.2 Å². The van der Waals surface area contributed by atoms with Crippen molar-refractivity contribution < 1.29 is 23.6 Å². The number of imidazole rings is 1. The van der Waals surface area contributed by atoms with Gasteiger partial charge >= 0.3 is 5.97 Å². The van der Waals surface area contributed by atoms with Gasteiger partial charge in [-0.05, 0) is 37.4 Å². The Morgan fingerprint density at radius 2 is 2.05 bits per heavy atom. The fourth-order valence-electron chi connectivity index (χ4n) is 4.18. The summed E-state index contributed by atoms with van der Waals surface area (Å²) in [6.45, 7) is 6.90. The number of anilines is 1. The topological polar surface area (TPSA) is 117 Å². The number of aromatic nitrogens is 4. The number of benzene rings is 1. The zero-order valence-electron chi connectivity index (χ0n) is 21.1. The molecule has 0 saturated carbocycles. The van der Waals surface area contributed by atoms with Crippen LogP contribution in [0.5, 0.6) is 0 Å². The van der Waals surface area contributed by atoms with Crippen molar-refractivity contribution in [2.75, 3.05) is 31.6 Å². The lowest BCUT2D eigenvalue weighted by Crippen LogP contribution is -2.41. The molecule has 1 aliphatic heterocycles. The number of halogens is 1. The summed E-state index contributed by atoms with van der Waals surface area (Å²) in [5.41, 5.74) is 0.842. The number of rotatable bonds is 9. The van der Waals surface area contributed by atoms with Crippen LogP contribution in [-0.4, -0.2) is 64.0 Å². The van der Waals surface area contributed by atoms with E-state index >= 15 is 0 Å². The van der Waals surface area contributed by atoms with Gasteiger partial charge in [0.15, 0.2) is 29.3 Å². The van der Waals surface area contributed by atoms with Crippen molar-refractivity contribution in [2.45, 2.75) is 38.8 Å². The fraction of sp³-hybridized carbons (Fsp3) is 0.440. The molecule has 4 rings (SSSR count). The van der Waals surface area contributed by atoms with Crippen molar-refractivity contribution in [1.82, 2.24) is 19.5 Å². The SMILES string of the molecule is C#C[C@@]1(C)[C@@H](COCP(C)(C)=O)O[C@@H](n2cnc3c(NCc4ccccc4)nc(Cl)nc32)[C@@H]1OC(C)=O. The van der Waals surface area contributed by atoms with Crippen LogP contribution in [0, 0.1) is 17.8 Å². The molecule has 1 saturated heterocycles. The van der Waals surface area contributed by atoms with E-state index in [0.717, 1.165) is 5.56 Å². The number of ether oxygens (including phenoxy) is 3. The molecular weight excluding hydrogens is 517 g/mol. The van der Waals surface area contributed by atoms with Crippen molar-refractivity contribution in [1.29, 1.82) is 0 Å². The van der Waals surface area contributed by atoms with E-state index in [1.165, 1.54) is 13.3 Å². The number of carbonyl (C=O) groups is 1. The molecule has 2 aromatic heterocycles. The van der Waals surface area contributed by atoms with Gasteiger partial charge in [-0.1, -0.05) is 36.3 Å². The molecule has 1 fully saturated rings. The number of carbonyl (C=O) groups excluding carboxylic acids is 1. The normalized spacial score (nSPS) is 23.6. The van der Waals surface area contributed by atoms with E-state index in [2.05, 4.69) is 26.2 Å². The number of nitrogens with zero attached hydrogens (tertiary/aromatic N) is 4. The van der Waals surface area contributed by atoms with Crippen LogP contribution in [0.15, 0.2) is 36.7 Å². The third kappa shape index (κ3) is 5.97. The largest absolute Gasteiger partial charge is 0.456 e. The number of fused-ring (bicyclic) bond motifs is 1. The zero-order chi connectivity index (χ0) is 26.8. The summed E-state index contributed by atoms with van der Waals surface area (Å²) >= 11 is 6.28. The van der Waals surface area contributed by atoms with Gasteiger partial charge in [0.05, 0.1) is 24.7 Å². The lowest BCUT2D eigenvalue weighted by Gasteiger charge is -2.29. The first kappa shape index (κ1) is 27.1. The molecule has 4 atom stereocenters. The van der Waals surface area contributed by atoms with E-state index in [4.69, 9.17) is 32.2 Å². The van der Waals surface area contributed by atoms with Gasteiger partial charge in [-0.3, -0.25) is 9.36 Å². The minimum atomic E-state index is -2.42. The second-order valence-electron chi connectivity index (χ2n) is 9.55. The molecule has 37 heavy (non-hydrogen) atoms. The van der Waals surface area contributed by atoms with E-state index in [1.54, 1.807) is 24.8 Å². The molecule has 0 bridgehead atoms. The molecule has 0 radical (unpaired) electrons. The van der Waals surface area contributed by atoms with Crippen LogP contribution >= 0.6 is 18.7 Å². The van der Waals surface area contributed by atoms with Crippen molar-refractivity contribution in [2.24, 2.45) is 5.41 Å². The Morgan fingerprint density at radius 1 is 1.32 bits per heavy atom. The minimum Gasteiger partial charge on any atom is -0.456 e. The number of terminal acetylenes is 1. The van der Waals surface area contributed by atoms with Crippen LogP contribution in [0.3, 0.4) is 0 Å². The molecule has 0 amide bonds. The maximum Gasteiger partial charge on any atom is 0.303 e. The molecule has 0 unspecified atom stereocenters.